The number of hydrazine groups is 1. The fourth-order valence-electron chi connectivity index (χ4n) is 2.92. The number of ether oxygens (including phenoxy) is 1. The molecule has 31 heavy (non-hydrogen) atoms. The summed E-state index contributed by atoms with van der Waals surface area (Å²) < 4.78 is 56.7. The van der Waals surface area contributed by atoms with Gasteiger partial charge in [0.15, 0.2) is 6.61 Å². The van der Waals surface area contributed by atoms with Crippen molar-refractivity contribution in [1.29, 1.82) is 0 Å². The van der Waals surface area contributed by atoms with E-state index in [1.165, 1.54) is 22.0 Å². The number of carbonyl (C=O) groups is 1. The van der Waals surface area contributed by atoms with Crippen LogP contribution >= 0.6 is 0 Å². The third kappa shape index (κ3) is 5.37. The number of allylic oxidation sites excluding steroid dienone is 2. The molecule has 11 heteroatoms. The normalized spacial score (nSPS) is 13.6. The van der Waals surface area contributed by atoms with Crippen molar-refractivity contribution >= 4 is 11.5 Å². The van der Waals surface area contributed by atoms with Crippen LogP contribution in [0.3, 0.4) is 0 Å². The van der Waals surface area contributed by atoms with Gasteiger partial charge in [0.25, 0.3) is 5.91 Å². The number of hydrogen-bond donors (Lipinski definition) is 1. The minimum Gasteiger partial charge on any atom is -0.467 e. The number of amides is 1. The average Bonchev–Trinajstić information content (AvgIpc) is 3.01. The van der Waals surface area contributed by atoms with E-state index in [-0.39, 0.29) is 29.9 Å². The standard InChI is InChI=1S/C20H19F4N5O2/c1-12(5-6-28(2)25)13-3-4-14(15(21)7-13)8-29-9-16-17(19(29)30)18(27-11-26-16)31-10-20(22,23)24/h3-7,11H,1,8-10,25H2,2H3/b6-5-. The van der Waals surface area contributed by atoms with Gasteiger partial charge in [0.05, 0.1) is 12.2 Å². The van der Waals surface area contributed by atoms with Gasteiger partial charge >= 0.3 is 6.18 Å². The molecule has 1 aromatic carbocycles. The molecule has 0 unspecified atom stereocenters. The number of fused-ring (bicyclic) bond motifs is 1. The largest absolute Gasteiger partial charge is 0.467 e. The molecule has 2 N–H and O–H groups in total. The minimum atomic E-state index is -4.58. The lowest BCUT2D eigenvalue weighted by Crippen LogP contribution is -2.25. The molecule has 0 saturated carbocycles. The first-order chi connectivity index (χ1) is 14.5. The van der Waals surface area contributed by atoms with Crippen LogP contribution < -0.4 is 10.6 Å². The second kappa shape index (κ2) is 8.72. The maximum absolute atomic E-state index is 14.6. The van der Waals surface area contributed by atoms with Crippen LogP contribution in [0, 0.1) is 5.82 Å². The van der Waals surface area contributed by atoms with E-state index in [0.717, 1.165) is 6.33 Å². The lowest BCUT2D eigenvalue weighted by Gasteiger charge is -2.16. The minimum absolute atomic E-state index is 0.00145. The summed E-state index contributed by atoms with van der Waals surface area (Å²) >= 11 is 0. The molecule has 0 saturated heterocycles. The zero-order chi connectivity index (χ0) is 22.8. The number of nitrogens with zero attached hydrogens (tertiary/aromatic N) is 4. The highest BCUT2D eigenvalue weighted by molar-refractivity contribution is 5.99. The summed E-state index contributed by atoms with van der Waals surface area (Å²) in [5.41, 5.74) is 1.37. The Bertz CT molecular complexity index is 1040. The molecule has 1 aliphatic heterocycles. The number of aromatic nitrogens is 2. The highest BCUT2D eigenvalue weighted by Crippen LogP contribution is 2.30. The first-order valence-corrected chi connectivity index (χ1v) is 9.01. The quantitative estimate of drug-likeness (QED) is 0.310. The summed E-state index contributed by atoms with van der Waals surface area (Å²) in [5, 5.41) is 1.32. The maximum atomic E-state index is 14.6. The molecule has 1 aromatic heterocycles. The Balaban J connectivity index is 1.75. The van der Waals surface area contributed by atoms with Crippen LogP contribution in [0.5, 0.6) is 5.88 Å². The monoisotopic (exact) mass is 437 g/mol. The second-order valence-electron chi connectivity index (χ2n) is 6.88. The zero-order valence-corrected chi connectivity index (χ0v) is 16.5. The van der Waals surface area contributed by atoms with Gasteiger partial charge in [-0.3, -0.25) is 4.79 Å². The number of carbonyl (C=O) groups excluding carboxylic acids is 1. The first-order valence-electron chi connectivity index (χ1n) is 9.01. The maximum Gasteiger partial charge on any atom is 0.422 e. The lowest BCUT2D eigenvalue weighted by atomic mass is 10.0. The molecule has 0 atom stereocenters. The Morgan fingerprint density at radius 1 is 1.39 bits per heavy atom. The first kappa shape index (κ1) is 22.2. The topological polar surface area (TPSA) is 84.6 Å². The molecule has 0 spiro atoms. The van der Waals surface area contributed by atoms with Crippen LogP contribution in [0.4, 0.5) is 17.6 Å². The summed E-state index contributed by atoms with van der Waals surface area (Å²) in [6.07, 6.45) is -0.374. The van der Waals surface area contributed by atoms with Gasteiger partial charge in [-0.1, -0.05) is 18.7 Å². The van der Waals surface area contributed by atoms with Crippen LogP contribution in [0.1, 0.15) is 27.2 Å². The molecule has 0 bridgehead atoms. The lowest BCUT2D eigenvalue weighted by molar-refractivity contribution is -0.154. The Kier molecular flexibility index (Phi) is 6.25. The molecule has 0 aliphatic carbocycles. The van der Waals surface area contributed by atoms with Crippen LogP contribution in [-0.4, -0.2) is 45.6 Å². The molecule has 164 valence electrons. The van der Waals surface area contributed by atoms with E-state index in [1.807, 2.05) is 0 Å². The van der Waals surface area contributed by atoms with Crippen molar-refractivity contribution in [2.24, 2.45) is 5.84 Å². The third-order valence-electron chi connectivity index (χ3n) is 4.40. The van der Waals surface area contributed by atoms with Crippen LogP contribution in [0.2, 0.25) is 0 Å². The third-order valence-corrected chi connectivity index (χ3v) is 4.40. The van der Waals surface area contributed by atoms with Crippen molar-refractivity contribution in [1.82, 2.24) is 19.9 Å². The summed E-state index contributed by atoms with van der Waals surface area (Å²) in [6.45, 7) is 2.16. The van der Waals surface area contributed by atoms with Crippen molar-refractivity contribution in [2.75, 3.05) is 13.7 Å². The van der Waals surface area contributed by atoms with Crippen molar-refractivity contribution < 1.29 is 27.1 Å². The second-order valence-corrected chi connectivity index (χ2v) is 6.88. The Labute approximate surface area is 175 Å². The van der Waals surface area contributed by atoms with Crippen molar-refractivity contribution in [3.8, 4) is 5.88 Å². The van der Waals surface area contributed by atoms with Gasteiger partial charge in [-0.05, 0) is 23.3 Å². The Morgan fingerprint density at radius 2 is 2.13 bits per heavy atom. The van der Waals surface area contributed by atoms with E-state index >= 15 is 0 Å². The van der Waals surface area contributed by atoms with Crippen molar-refractivity contribution in [2.45, 2.75) is 19.3 Å². The van der Waals surface area contributed by atoms with Gasteiger partial charge in [-0.25, -0.2) is 20.2 Å². The molecule has 1 amide bonds. The van der Waals surface area contributed by atoms with E-state index in [1.54, 1.807) is 25.4 Å². The van der Waals surface area contributed by atoms with Gasteiger partial charge in [-0.2, -0.15) is 13.2 Å². The molecule has 7 nitrogen and oxygen atoms in total. The van der Waals surface area contributed by atoms with Gasteiger partial charge in [0.2, 0.25) is 5.88 Å². The van der Waals surface area contributed by atoms with Crippen molar-refractivity contribution in [3.05, 3.63) is 71.6 Å². The van der Waals surface area contributed by atoms with E-state index in [9.17, 15) is 22.4 Å². The van der Waals surface area contributed by atoms with Crippen LogP contribution in [0.15, 0.2) is 43.4 Å². The number of nitrogens with two attached hydrogens (primary N) is 1. The van der Waals surface area contributed by atoms with Crippen LogP contribution in [0.25, 0.3) is 5.57 Å². The Hall–Kier alpha value is -3.47. The molecule has 3 rings (SSSR count). The zero-order valence-electron chi connectivity index (χ0n) is 16.5. The van der Waals surface area contributed by atoms with E-state index in [0.29, 0.717) is 11.1 Å². The fraction of sp³-hybridized carbons (Fsp3) is 0.250. The number of benzene rings is 1. The highest BCUT2D eigenvalue weighted by atomic mass is 19.4. The van der Waals surface area contributed by atoms with E-state index in [4.69, 9.17) is 5.84 Å². The number of rotatable bonds is 7. The molecular formula is C20H19F4N5O2. The molecule has 2 heterocycles. The summed E-state index contributed by atoms with van der Waals surface area (Å²) in [6, 6.07) is 4.44. The fourth-order valence-corrected chi connectivity index (χ4v) is 2.92. The summed E-state index contributed by atoms with van der Waals surface area (Å²) in [5.74, 6) is 3.85. The number of alkyl halides is 3. The SMILES string of the molecule is C=C(/C=C\N(C)N)c1ccc(CN2Cc3ncnc(OCC(F)(F)F)c3C2=O)c(F)c1. The predicted molar refractivity (Wildman–Crippen MR) is 104 cm³/mol. The molecule has 2 aromatic rings. The summed E-state index contributed by atoms with van der Waals surface area (Å²) in [4.78, 5) is 21.5. The molecular weight excluding hydrogens is 418 g/mol. The van der Waals surface area contributed by atoms with E-state index < -0.39 is 30.4 Å². The molecule has 0 radical (unpaired) electrons. The highest BCUT2D eigenvalue weighted by Gasteiger charge is 2.35. The predicted octanol–water partition coefficient (Wildman–Crippen LogP) is 3.05. The van der Waals surface area contributed by atoms with Gasteiger partial charge in [-0.15, -0.1) is 0 Å². The van der Waals surface area contributed by atoms with Crippen molar-refractivity contribution in [3.63, 3.8) is 0 Å². The van der Waals surface area contributed by atoms with E-state index in [2.05, 4.69) is 21.3 Å². The number of hydrogen-bond acceptors (Lipinski definition) is 6. The number of halogens is 4. The molecule has 0 fully saturated rings. The van der Waals surface area contributed by atoms with Gasteiger partial charge < -0.3 is 14.6 Å². The van der Waals surface area contributed by atoms with Gasteiger partial charge in [0.1, 0.15) is 17.7 Å². The summed E-state index contributed by atoms with van der Waals surface area (Å²) in [7, 11) is 1.63. The van der Waals surface area contributed by atoms with Crippen LogP contribution in [-0.2, 0) is 13.1 Å². The Morgan fingerprint density at radius 3 is 2.77 bits per heavy atom. The molecule has 1 aliphatic rings. The smallest absolute Gasteiger partial charge is 0.422 e. The average molecular weight is 437 g/mol. The van der Waals surface area contributed by atoms with Gasteiger partial charge in [0, 0.05) is 25.4 Å².